The molecular weight excluding hydrogens is 303 g/mol. The van der Waals surface area contributed by atoms with E-state index in [1.807, 2.05) is 18.2 Å². The minimum Gasteiger partial charge on any atom is -0.311 e. The van der Waals surface area contributed by atoms with Gasteiger partial charge in [0.25, 0.3) is 0 Å². The van der Waals surface area contributed by atoms with Crippen molar-refractivity contribution in [1.82, 2.24) is 10.2 Å². The van der Waals surface area contributed by atoms with Crippen LogP contribution in [0.15, 0.2) is 18.2 Å². The van der Waals surface area contributed by atoms with Crippen LogP contribution in [0.2, 0.25) is 10.0 Å². The van der Waals surface area contributed by atoms with Gasteiger partial charge in [-0.2, -0.15) is 0 Å². The second-order valence-electron chi connectivity index (χ2n) is 6.62. The molecule has 2 nitrogen and oxygen atoms in total. The molecule has 0 radical (unpaired) electrons. The molecule has 0 heterocycles. The lowest BCUT2D eigenvalue weighted by Gasteiger charge is -2.45. The molecule has 1 aromatic carbocycles. The van der Waals surface area contributed by atoms with Crippen LogP contribution in [0.25, 0.3) is 0 Å². The molecule has 0 saturated heterocycles. The summed E-state index contributed by atoms with van der Waals surface area (Å²) in [5.74, 6) is 0.798. The Labute approximate surface area is 138 Å². The maximum Gasteiger partial charge on any atom is 0.0465 e. The van der Waals surface area contributed by atoms with E-state index in [9.17, 15) is 0 Å². The Morgan fingerprint density at radius 1 is 1.29 bits per heavy atom. The first-order chi connectivity index (χ1) is 9.94. The van der Waals surface area contributed by atoms with Gasteiger partial charge in [0.1, 0.15) is 0 Å². The summed E-state index contributed by atoms with van der Waals surface area (Å²) in [6, 6.07) is 5.68. The first-order valence-corrected chi connectivity index (χ1v) is 8.51. The van der Waals surface area contributed by atoms with Crippen molar-refractivity contribution in [3.63, 3.8) is 0 Å². The molecule has 1 saturated carbocycles. The normalized spacial score (nSPS) is 26.3. The van der Waals surface area contributed by atoms with Gasteiger partial charge in [0.05, 0.1) is 0 Å². The fraction of sp³-hybridized carbons (Fsp3) is 0.647. The Hall–Kier alpha value is -0.280. The van der Waals surface area contributed by atoms with Gasteiger partial charge in [-0.25, -0.2) is 0 Å². The molecule has 1 aliphatic carbocycles. The van der Waals surface area contributed by atoms with Crippen LogP contribution in [0.5, 0.6) is 0 Å². The molecule has 1 N–H and O–H groups in total. The molecule has 0 amide bonds. The lowest BCUT2D eigenvalue weighted by atomic mass is 9.75. The fourth-order valence-electron chi connectivity index (χ4n) is 3.48. The van der Waals surface area contributed by atoms with E-state index >= 15 is 0 Å². The summed E-state index contributed by atoms with van der Waals surface area (Å²) in [6.07, 6.45) is 5.18. The summed E-state index contributed by atoms with van der Waals surface area (Å²) < 4.78 is 0. The zero-order valence-corrected chi connectivity index (χ0v) is 14.8. The smallest absolute Gasteiger partial charge is 0.0465 e. The van der Waals surface area contributed by atoms with Crippen LogP contribution in [0.3, 0.4) is 0 Å². The Kier molecular flexibility index (Phi) is 5.96. The van der Waals surface area contributed by atoms with E-state index in [-0.39, 0.29) is 5.54 Å². The summed E-state index contributed by atoms with van der Waals surface area (Å²) in [7, 11) is 4.39. The second-order valence-corrected chi connectivity index (χ2v) is 7.44. The number of benzene rings is 1. The molecule has 0 aliphatic heterocycles. The highest BCUT2D eigenvalue weighted by atomic mass is 35.5. The van der Waals surface area contributed by atoms with E-state index in [4.69, 9.17) is 23.2 Å². The Balaban J connectivity index is 2.00. The van der Waals surface area contributed by atoms with Gasteiger partial charge in [0.15, 0.2) is 0 Å². The van der Waals surface area contributed by atoms with Crippen molar-refractivity contribution in [2.45, 2.75) is 44.7 Å². The monoisotopic (exact) mass is 328 g/mol. The molecule has 21 heavy (non-hydrogen) atoms. The standard InChI is InChI=1S/C17H26Cl2N2/c1-13-6-5-9-17(10-13,21(2)3)12-20-11-14-15(18)7-4-8-16(14)19/h4,7-8,13,20H,5-6,9-12H2,1-3H3. The van der Waals surface area contributed by atoms with Gasteiger partial charge in [0.2, 0.25) is 0 Å². The highest BCUT2D eigenvalue weighted by Gasteiger charge is 2.36. The van der Waals surface area contributed by atoms with E-state index in [0.717, 1.165) is 34.6 Å². The summed E-state index contributed by atoms with van der Waals surface area (Å²) in [6.45, 7) is 4.07. The van der Waals surface area contributed by atoms with Crippen molar-refractivity contribution in [2.24, 2.45) is 5.92 Å². The third kappa shape index (κ3) is 4.13. The number of hydrogen-bond donors (Lipinski definition) is 1. The molecule has 2 unspecified atom stereocenters. The highest BCUT2D eigenvalue weighted by Crippen LogP contribution is 2.35. The molecular formula is C17H26Cl2N2. The van der Waals surface area contributed by atoms with Gasteiger partial charge in [-0.05, 0) is 45.0 Å². The number of halogens is 2. The molecule has 2 atom stereocenters. The predicted octanol–water partition coefficient (Wildman–Crippen LogP) is 4.59. The van der Waals surface area contributed by atoms with Crippen LogP contribution in [0, 0.1) is 5.92 Å². The Morgan fingerprint density at radius 3 is 2.52 bits per heavy atom. The largest absolute Gasteiger partial charge is 0.311 e. The van der Waals surface area contributed by atoms with Crippen LogP contribution in [-0.2, 0) is 6.54 Å². The quantitative estimate of drug-likeness (QED) is 0.850. The van der Waals surface area contributed by atoms with Crippen molar-refractivity contribution >= 4 is 23.2 Å². The highest BCUT2D eigenvalue weighted by molar-refractivity contribution is 6.35. The molecule has 0 spiro atoms. The summed E-state index contributed by atoms with van der Waals surface area (Å²) >= 11 is 12.5. The average Bonchev–Trinajstić information content (AvgIpc) is 2.42. The minimum absolute atomic E-state index is 0.255. The van der Waals surface area contributed by atoms with E-state index in [0.29, 0.717) is 0 Å². The van der Waals surface area contributed by atoms with Gasteiger partial charge < -0.3 is 10.2 Å². The zero-order chi connectivity index (χ0) is 15.5. The van der Waals surface area contributed by atoms with Crippen molar-refractivity contribution < 1.29 is 0 Å². The topological polar surface area (TPSA) is 15.3 Å². The SMILES string of the molecule is CC1CCCC(CNCc2c(Cl)cccc2Cl)(N(C)C)C1. The average molecular weight is 329 g/mol. The summed E-state index contributed by atoms with van der Waals surface area (Å²) in [5.41, 5.74) is 1.25. The number of rotatable bonds is 5. The fourth-order valence-corrected chi connectivity index (χ4v) is 4.01. The Bertz CT molecular complexity index is 456. The number of likely N-dealkylation sites (N-methyl/N-ethyl adjacent to an activating group) is 1. The van der Waals surface area contributed by atoms with E-state index in [1.165, 1.54) is 25.7 Å². The zero-order valence-electron chi connectivity index (χ0n) is 13.3. The van der Waals surface area contributed by atoms with Crippen LogP contribution >= 0.6 is 23.2 Å². The van der Waals surface area contributed by atoms with Crippen molar-refractivity contribution in [3.05, 3.63) is 33.8 Å². The van der Waals surface area contributed by atoms with E-state index in [2.05, 4.69) is 31.2 Å². The van der Waals surface area contributed by atoms with Gasteiger partial charge in [-0.15, -0.1) is 0 Å². The first kappa shape index (κ1) is 17.1. The maximum absolute atomic E-state index is 6.24. The molecule has 0 aromatic heterocycles. The maximum atomic E-state index is 6.24. The van der Waals surface area contributed by atoms with Crippen LogP contribution in [0.1, 0.15) is 38.2 Å². The first-order valence-electron chi connectivity index (χ1n) is 7.76. The summed E-state index contributed by atoms with van der Waals surface area (Å²) in [4.78, 5) is 2.39. The second kappa shape index (κ2) is 7.32. The van der Waals surface area contributed by atoms with Crippen molar-refractivity contribution in [3.8, 4) is 0 Å². The van der Waals surface area contributed by atoms with Crippen LogP contribution in [0.4, 0.5) is 0 Å². The van der Waals surface area contributed by atoms with Crippen molar-refractivity contribution in [2.75, 3.05) is 20.6 Å². The van der Waals surface area contributed by atoms with Crippen LogP contribution < -0.4 is 5.32 Å². The Morgan fingerprint density at radius 2 is 1.95 bits per heavy atom. The van der Waals surface area contributed by atoms with Gasteiger partial charge in [-0.1, -0.05) is 49.0 Å². The number of hydrogen-bond acceptors (Lipinski definition) is 2. The predicted molar refractivity (Wildman–Crippen MR) is 92.2 cm³/mol. The van der Waals surface area contributed by atoms with E-state index < -0.39 is 0 Å². The summed E-state index contributed by atoms with van der Waals surface area (Å²) in [5, 5.41) is 5.07. The lowest BCUT2D eigenvalue weighted by Crippen LogP contribution is -2.54. The molecule has 118 valence electrons. The lowest BCUT2D eigenvalue weighted by molar-refractivity contribution is 0.0749. The van der Waals surface area contributed by atoms with Gasteiger partial charge in [0, 0.05) is 34.2 Å². The number of nitrogens with one attached hydrogen (secondary N) is 1. The minimum atomic E-state index is 0.255. The molecule has 2 rings (SSSR count). The van der Waals surface area contributed by atoms with Crippen LogP contribution in [-0.4, -0.2) is 31.1 Å². The molecule has 0 bridgehead atoms. The van der Waals surface area contributed by atoms with Gasteiger partial charge in [-0.3, -0.25) is 0 Å². The van der Waals surface area contributed by atoms with E-state index in [1.54, 1.807) is 0 Å². The van der Waals surface area contributed by atoms with Gasteiger partial charge >= 0.3 is 0 Å². The molecule has 1 aromatic rings. The third-order valence-corrected chi connectivity index (χ3v) is 5.54. The number of nitrogens with zero attached hydrogens (tertiary/aromatic N) is 1. The van der Waals surface area contributed by atoms with Crippen molar-refractivity contribution in [1.29, 1.82) is 0 Å². The third-order valence-electron chi connectivity index (χ3n) is 4.83. The molecule has 1 aliphatic rings. The molecule has 4 heteroatoms. The molecule has 1 fully saturated rings.